The maximum absolute atomic E-state index is 10.1. The Balaban J connectivity index is 1.29. The molecule has 4 aromatic carbocycles. The Morgan fingerprint density at radius 3 is 1.17 bits per heavy atom. The fourth-order valence-corrected chi connectivity index (χ4v) is 3.29. The van der Waals surface area contributed by atoms with E-state index < -0.39 is 7.32 Å². The fraction of sp³-hybridized carbons (Fsp3) is 0.0769. The van der Waals surface area contributed by atoms with Gasteiger partial charge < -0.3 is 14.3 Å². The van der Waals surface area contributed by atoms with Gasteiger partial charge in [-0.25, -0.2) is 0 Å². The SMILES string of the molecule is OB(Oc1ccc(Cc2ccccc2)cc1)Oc1ccc(Cc2ccccc2)cc1. The third-order valence-corrected chi connectivity index (χ3v) is 4.82. The summed E-state index contributed by atoms with van der Waals surface area (Å²) >= 11 is 0. The van der Waals surface area contributed by atoms with E-state index in [9.17, 15) is 5.02 Å². The van der Waals surface area contributed by atoms with Crippen molar-refractivity contribution in [2.45, 2.75) is 12.8 Å². The van der Waals surface area contributed by atoms with Gasteiger partial charge in [0.05, 0.1) is 0 Å². The zero-order valence-electron chi connectivity index (χ0n) is 16.6. The molecule has 0 saturated heterocycles. The van der Waals surface area contributed by atoms with Crippen LogP contribution in [0.2, 0.25) is 0 Å². The third-order valence-electron chi connectivity index (χ3n) is 4.82. The highest BCUT2D eigenvalue weighted by molar-refractivity contribution is 6.36. The summed E-state index contributed by atoms with van der Waals surface area (Å²) in [6, 6.07) is 35.9. The van der Waals surface area contributed by atoms with Crippen molar-refractivity contribution in [3.63, 3.8) is 0 Å². The van der Waals surface area contributed by atoms with Crippen LogP contribution in [0.3, 0.4) is 0 Å². The molecule has 0 amide bonds. The number of benzene rings is 4. The quantitative estimate of drug-likeness (QED) is 0.412. The Hall–Kier alpha value is -3.50. The van der Waals surface area contributed by atoms with Crippen molar-refractivity contribution >= 4 is 7.32 Å². The van der Waals surface area contributed by atoms with Crippen molar-refractivity contribution in [1.82, 2.24) is 0 Å². The molecule has 0 bridgehead atoms. The topological polar surface area (TPSA) is 38.7 Å². The van der Waals surface area contributed by atoms with Gasteiger partial charge in [-0.05, 0) is 59.4 Å². The van der Waals surface area contributed by atoms with Crippen LogP contribution in [-0.2, 0) is 12.8 Å². The summed E-state index contributed by atoms with van der Waals surface area (Å²) in [5.41, 5.74) is 4.87. The Morgan fingerprint density at radius 2 is 0.800 bits per heavy atom. The van der Waals surface area contributed by atoms with Crippen LogP contribution in [0.25, 0.3) is 0 Å². The van der Waals surface area contributed by atoms with Gasteiger partial charge in [0.1, 0.15) is 11.5 Å². The molecule has 0 unspecified atom stereocenters. The maximum atomic E-state index is 10.1. The summed E-state index contributed by atoms with van der Waals surface area (Å²) in [4.78, 5) is 0. The molecular formula is C26H23BO3. The molecule has 4 heteroatoms. The van der Waals surface area contributed by atoms with Gasteiger partial charge in [-0.1, -0.05) is 84.9 Å². The van der Waals surface area contributed by atoms with E-state index in [0.717, 1.165) is 12.8 Å². The molecule has 0 spiro atoms. The van der Waals surface area contributed by atoms with Crippen LogP contribution in [0.15, 0.2) is 109 Å². The zero-order valence-corrected chi connectivity index (χ0v) is 16.6. The molecule has 0 aromatic heterocycles. The molecule has 1 N–H and O–H groups in total. The second kappa shape index (κ2) is 9.81. The van der Waals surface area contributed by atoms with E-state index in [4.69, 9.17) is 9.31 Å². The molecule has 0 aliphatic carbocycles. The lowest BCUT2D eigenvalue weighted by Crippen LogP contribution is -2.29. The number of hydrogen-bond acceptors (Lipinski definition) is 3. The van der Waals surface area contributed by atoms with Gasteiger partial charge in [-0.3, -0.25) is 0 Å². The predicted octanol–water partition coefficient (Wildman–Crippen LogP) is 5.30. The summed E-state index contributed by atoms with van der Waals surface area (Å²) in [6.45, 7) is 0. The van der Waals surface area contributed by atoms with Crippen LogP contribution < -0.4 is 9.31 Å². The maximum Gasteiger partial charge on any atom is 0.785 e. The third kappa shape index (κ3) is 5.75. The van der Waals surface area contributed by atoms with Crippen molar-refractivity contribution in [1.29, 1.82) is 0 Å². The van der Waals surface area contributed by atoms with E-state index in [1.54, 1.807) is 0 Å². The summed E-state index contributed by atoms with van der Waals surface area (Å²) in [5, 5.41) is 10.1. The van der Waals surface area contributed by atoms with Crippen molar-refractivity contribution in [3.8, 4) is 11.5 Å². The highest BCUT2D eigenvalue weighted by atomic mass is 16.7. The highest BCUT2D eigenvalue weighted by Crippen LogP contribution is 2.18. The molecule has 0 aliphatic rings. The molecule has 0 atom stereocenters. The van der Waals surface area contributed by atoms with Gasteiger partial charge in [0.15, 0.2) is 0 Å². The standard InChI is InChI=1S/C26H23BO3/c28-27(29-25-15-11-23(12-16-25)19-21-7-3-1-4-8-21)30-26-17-13-24(14-18-26)20-22-9-5-2-6-10-22/h1-18,28H,19-20H2. The highest BCUT2D eigenvalue weighted by Gasteiger charge is 2.21. The Kier molecular flexibility index (Phi) is 6.48. The average molecular weight is 394 g/mol. The molecular weight excluding hydrogens is 371 g/mol. The number of rotatable bonds is 8. The smallest absolute Gasteiger partial charge is 0.501 e. The van der Waals surface area contributed by atoms with E-state index in [1.807, 2.05) is 84.9 Å². The fourth-order valence-electron chi connectivity index (χ4n) is 3.29. The molecule has 4 aromatic rings. The van der Waals surface area contributed by atoms with Gasteiger partial charge in [0.25, 0.3) is 0 Å². The minimum absolute atomic E-state index is 0.556. The second-order valence-corrected chi connectivity index (χ2v) is 7.16. The molecule has 0 radical (unpaired) electrons. The minimum Gasteiger partial charge on any atom is -0.501 e. The van der Waals surface area contributed by atoms with E-state index >= 15 is 0 Å². The first kappa shape index (κ1) is 19.8. The van der Waals surface area contributed by atoms with Crippen molar-refractivity contribution < 1.29 is 14.3 Å². The van der Waals surface area contributed by atoms with Crippen LogP contribution in [0.5, 0.6) is 11.5 Å². The second-order valence-electron chi connectivity index (χ2n) is 7.16. The average Bonchev–Trinajstić information content (AvgIpc) is 2.78. The summed E-state index contributed by atoms with van der Waals surface area (Å²) in [7, 11) is -1.37. The van der Waals surface area contributed by atoms with Gasteiger partial charge in [0.2, 0.25) is 0 Å². The largest absolute Gasteiger partial charge is 0.785 e. The monoisotopic (exact) mass is 394 g/mol. The molecule has 30 heavy (non-hydrogen) atoms. The lowest BCUT2D eigenvalue weighted by molar-refractivity contribution is 0.298. The molecule has 0 heterocycles. The first-order valence-corrected chi connectivity index (χ1v) is 10.0. The molecule has 0 fully saturated rings. The van der Waals surface area contributed by atoms with Gasteiger partial charge >= 0.3 is 7.32 Å². The van der Waals surface area contributed by atoms with Crippen LogP contribution in [0, 0.1) is 0 Å². The molecule has 4 rings (SSSR count). The zero-order chi connectivity index (χ0) is 20.6. The first-order chi connectivity index (χ1) is 14.7. The van der Waals surface area contributed by atoms with E-state index in [-0.39, 0.29) is 0 Å². The van der Waals surface area contributed by atoms with E-state index in [0.29, 0.717) is 11.5 Å². The van der Waals surface area contributed by atoms with E-state index in [1.165, 1.54) is 22.3 Å². The molecule has 3 nitrogen and oxygen atoms in total. The summed E-state index contributed by atoms with van der Waals surface area (Å²) in [5.74, 6) is 1.11. The minimum atomic E-state index is -1.37. The van der Waals surface area contributed by atoms with Crippen LogP contribution in [0.4, 0.5) is 0 Å². The molecule has 0 aliphatic heterocycles. The van der Waals surface area contributed by atoms with Crippen molar-refractivity contribution in [3.05, 3.63) is 131 Å². The van der Waals surface area contributed by atoms with E-state index in [2.05, 4.69) is 24.3 Å². The molecule has 148 valence electrons. The van der Waals surface area contributed by atoms with Crippen molar-refractivity contribution in [2.24, 2.45) is 0 Å². The normalized spacial score (nSPS) is 10.4. The molecule has 0 saturated carbocycles. The lowest BCUT2D eigenvalue weighted by Gasteiger charge is -2.12. The Labute approximate surface area is 177 Å². The summed E-state index contributed by atoms with van der Waals surface area (Å²) < 4.78 is 11.0. The van der Waals surface area contributed by atoms with Crippen molar-refractivity contribution in [2.75, 3.05) is 0 Å². The van der Waals surface area contributed by atoms with Crippen LogP contribution in [-0.4, -0.2) is 12.3 Å². The Morgan fingerprint density at radius 1 is 0.467 bits per heavy atom. The van der Waals surface area contributed by atoms with Gasteiger partial charge in [-0.2, -0.15) is 0 Å². The summed E-state index contributed by atoms with van der Waals surface area (Å²) in [6.07, 6.45) is 1.71. The van der Waals surface area contributed by atoms with Crippen LogP contribution >= 0.6 is 0 Å². The first-order valence-electron chi connectivity index (χ1n) is 10.0. The van der Waals surface area contributed by atoms with Gasteiger partial charge in [-0.15, -0.1) is 0 Å². The Bertz CT molecular complexity index is 946. The van der Waals surface area contributed by atoms with Gasteiger partial charge in [0, 0.05) is 0 Å². The number of hydrogen-bond donors (Lipinski definition) is 1. The predicted molar refractivity (Wildman–Crippen MR) is 121 cm³/mol. The lowest BCUT2D eigenvalue weighted by atomic mass is 10.0. The van der Waals surface area contributed by atoms with Crippen LogP contribution in [0.1, 0.15) is 22.3 Å².